The molecule has 0 bridgehead atoms. The Morgan fingerprint density at radius 2 is 1.97 bits per heavy atom. The topological polar surface area (TPSA) is 74.2 Å². The molecule has 0 radical (unpaired) electrons. The highest BCUT2D eigenvalue weighted by atomic mass is 35.5. The molecule has 2 heterocycles. The Bertz CT molecular complexity index is 1260. The SMILES string of the molecule is C#CCOc1cccc(C(=O)N2CCN(C(=O)C3=NCCC(c4cccc(Cl)c4)=CN3)C(C)(C)C2)c1. The molecular weight excluding hydrogens is 476 g/mol. The summed E-state index contributed by atoms with van der Waals surface area (Å²) in [7, 11) is 0. The molecule has 1 saturated heterocycles. The number of ether oxygens (including phenoxy) is 1. The minimum absolute atomic E-state index is 0.111. The zero-order chi connectivity index (χ0) is 25.7. The van der Waals surface area contributed by atoms with E-state index in [-0.39, 0.29) is 18.4 Å². The summed E-state index contributed by atoms with van der Waals surface area (Å²) in [6.45, 7) is 5.76. The summed E-state index contributed by atoms with van der Waals surface area (Å²) >= 11 is 6.14. The highest BCUT2D eigenvalue weighted by Crippen LogP contribution is 2.25. The first-order valence-corrected chi connectivity index (χ1v) is 12.2. The number of aliphatic imine (C=N–C) groups is 1. The van der Waals surface area contributed by atoms with E-state index in [2.05, 4.69) is 16.2 Å². The summed E-state index contributed by atoms with van der Waals surface area (Å²) in [6, 6.07) is 14.6. The van der Waals surface area contributed by atoms with Gasteiger partial charge in [0.15, 0.2) is 5.84 Å². The molecule has 8 heteroatoms. The third kappa shape index (κ3) is 5.72. The van der Waals surface area contributed by atoms with Gasteiger partial charge in [0, 0.05) is 43.0 Å². The van der Waals surface area contributed by atoms with Crippen molar-refractivity contribution in [2.75, 3.05) is 32.8 Å². The van der Waals surface area contributed by atoms with Crippen molar-refractivity contribution in [1.29, 1.82) is 0 Å². The molecule has 0 aliphatic carbocycles. The standard InChI is InChI=1S/C28H29ClN4O3/c1-4-15-36-24-10-6-8-21(17-24)26(34)32-13-14-33(28(2,3)19-32)27(35)25-30-12-11-22(18-31-25)20-7-5-9-23(29)16-20/h1,5-10,16-18H,11-15,19H2,2-3H3,(H,30,31). The number of piperazine rings is 1. The summed E-state index contributed by atoms with van der Waals surface area (Å²) in [5, 5.41) is 3.78. The van der Waals surface area contributed by atoms with Crippen LogP contribution in [0.15, 0.2) is 59.7 Å². The van der Waals surface area contributed by atoms with Crippen LogP contribution in [-0.2, 0) is 4.79 Å². The molecule has 0 saturated carbocycles. The molecule has 7 nitrogen and oxygen atoms in total. The maximum atomic E-state index is 13.5. The van der Waals surface area contributed by atoms with E-state index in [0.717, 1.165) is 11.1 Å². The van der Waals surface area contributed by atoms with Crippen LogP contribution in [0.5, 0.6) is 5.75 Å². The molecule has 0 unspecified atom stereocenters. The molecule has 0 atom stereocenters. The van der Waals surface area contributed by atoms with E-state index in [1.807, 2.05) is 44.3 Å². The lowest BCUT2D eigenvalue weighted by Gasteiger charge is -2.47. The fourth-order valence-corrected chi connectivity index (χ4v) is 4.66. The van der Waals surface area contributed by atoms with Gasteiger partial charge in [0.25, 0.3) is 11.8 Å². The molecule has 1 fully saturated rings. The summed E-state index contributed by atoms with van der Waals surface area (Å²) in [5.74, 6) is 2.98. The van der Waals surface area contributed by atoms with Crippen LogP contribution in [-0.4, -0.2) is 65.8 Å². The van der Waals surface area contributed by atoms with E-state index in [1.54, 1.807) is 34.1 Å². The maximum absolute atomic E-state index is 13.5. The van der Waals surface area contributed by atoms with Crippen LogP contribution >= 0.6 is 11.6 Å². The predicted octanol–water partition coefficient (Wildman–Crippen LogP) is 3.85. The van der Waals surface area contributed by atoms with Gasteiger partial charge < -0.3 is 19.9 Å². The normalized spacial score (nSPS) is 17.2. The molecule has 0 aromatic heterocycles. The average molecular weight is 505 g/mol. The molecule has 4 rings (SSSR count). The van der Waals surface area contributed by atoms with Gasteiger partial charge in [-0.05, 0) is 61.7 Å². The smallest absolute Gasteiger partial charge is 0.289 e. The molecule has 2 aliphatic rings. The number of halogens is 1. The summed E-state index contributed by atoms with van der Waals surface area (Å²) in [5.41, 5.74) is 1.97. The van der Waals surface area contributed by atoms with E-state index in [0.29, 0.717) is 54.8 Å². The van der Waals surface area contributed by atoms with Gasteiger partial charge in [0.1, 0.15) is 12.4 Å². The van der Waals surface area contributed by atoms with Crippen LogP contribution in [0.25, 0.3) is 5.57 Å². The summed E-state index contributed by atoms with van der Waals surface area (Å²) in [6.07, 6.45) is 7.78. The Morgan fingerprint density at radius 1 is 1.17 bits per heavy atom. The minimum Gasteiger partial charge on any atom is -0.481 e. The molecule has 0 spiro atoms. The van der Waals surface area contributed by atoms with Crippen LogP contribution in [0.1, 0.15) is 36.2 Å². The van der Waals surface area contributed by atoms with Crippen LogP contribution < -0.4 is 10.1 Å². The van der Waals surface area contributed by atoms with E-state index in [1.165, 1.54) is 0 Å². The van der Waals surface area contributed by atoms with E-state index in [9.17, 15) is 9.59 Å². The number of hydrogen-bond acceptors (Lipinski definition) is 5. The Kier molecular flexibility index (Phi) is 7.66. The molecule has 2 aliphatic heterocycles. The number of hydrogen-bond donors (Lipinski definition) is 1. The third-order valence-electron chi connectivity index (χ3n) is 6.27. The van der Waals surface area contributed by atoms with E-state index >= 15 is 0 Å². The van der Waals surface area contributed by atoms with Gasteiger partial charge in [-0.15, -0.1) is 6.42 Å². The van der Waals surface area contributed by atoms with Gasteiger partial charge in [-0.1, -0.05) is 35.7 Å². The van der Waals surface area contributed by atoms with Crippen LogP contribution in [0, 0.1) is 12.3 Å². The second kappa shape index (κ2) is 10.9. The van der Waals surface area contributed by atoms with E-state index < -0.39 is 5.54 Å². The number of carbonyl (C=O) groups is 2. The molecule has 2 aromatic carbocycles. The number of carbonyl (C=O) groups excluding carboxylic acids is 2. The summed E-state index contributed by atoms with van der Waals surface area (Å²) in [4.78, 5) is 34.7. The van der Waals surface area contributed by atoms with Gasteiger partial charge in [-0.25, -0.2) is 0 Å². The third-order valence-corrected chi connectivity index (χ3v) is 6.50. The van der Waals surface area contributed by atoms with Crippen molar-refractivity contribution in [2.45, 2.75) is 25.8 Å². The zero-order valence-corrected chi connectivity index (χ0v) is 21.2. The minimum atomic E-state index is -0.585. The second-order valence-electron chi connectivity index (χ2n) is 9.32. The van der Waals surface area contributed by atoms with Crippen molar-refractivity contribution < 1.29 is 14.3 Å². The molecule has 2 amide bonds. The fourth-order valence-electron chi connectivity index (χ4n) is 4.47. The first kappa shape index (κ1) is 25.3. The van der Waals surface area contributed by atoms with Crippen molar-refractivity contribution in [2.24, 2.45) is 4.99 Å². The molecule has 2 aromatic rings. The number of rotatable bonds is 5. The van der Waals surface area contributed by atoms with Crippen molar-refractivity contribution in [1.82, 2.24) is 15.1 Å². The summed E-state index contributed by atoms with van der Waals surface area (Å²) < 4.78 is 5.45. The molecule has 1 N–H and O–H groups in total. The predicted molar refractivity (Wildman–Crippen MR) is 142 cm³/mol. The van der Waals surface area contributed by atoms with Crippen LogP contribution in [0.4, 0.5) is 0 Å². The quantitative estimate of drug-likeness (QED) is 0.628. The molecule has 186 valence electrons. The lowest BCUT2D eigenvalue weighted by Crippen LogP contribution is -2.63. The number of terminal acetylenes is 1. The second-order valence-corrected chi connectivity index (χ2v) is 9.76. The van der Waals surface area contributed by atoms with Crippen LogP contribution in [0.2, 0.25) is 5.02 Å². The Labute approximate surface area is 216 Å². The Hall–Kier alpha value is -3.76. The number of amidine groups is 1. The van der Waals surface area contributed by atoms with Crippen molar-refractivity contribution >= 4 is 34.8 Å². The van der Waals surface area contributed by atoms with Gasteiger partial charge in [0.05, 0.1) is 5.54 Å². The number of amides is 2. The average Bonchev–Trinajstić information content (AvgIpc) is 3.13. The number of nitrogens with zero attached hydrogens (tertiary/aromatic N) is 3. The number of benzene rings is 2. The lowest BCUT2D eigenvalue weighted by atomic mass is 9.97. The first-order chi connectivity index (χ1) is 17.3. The first-order valence-electron chi connectivity index (χ1n) is 11.8. The Balaban J connectivity index is 1.43. The monoisotopic (exact) mass is 504 g/mol. The molecule has 36 heavy (non-hydrogen) atoms. The van der Waals surface area contributed by atoms with Gasteiger partial charge >= 0.3 is 0 Å². The van der Waals surface area contributed by atoms with E-state index in [4.69, 9.17) is 22.8 Å². The largest absolute Gasteiger partial charge is 0.481 e. The van der Waals surface area contributed by atoms with Crippen LogP contribution in [0.3, 0.4) is 0 Å². The van der Waals surface area contributed by atoms with Crippen molar-refractivity contribution in [3.8, 4) is 18.1 Å². The van der Waals surface area contributed by atoms with Gasteiger partial charge in [-0.2, -0.15) is 0 Å². The molecular formula is C28H29ClN4O3. The van der Waals surface area contributed by atoms with Gasteiger partial charge in [0.2, 0.25) is 0 Å². The van der Waals surface area contributed by atoms with Gasteiger partial charge in [-0.3, -0.25) is 14.6 Å². The maximum Gasteiger partial charge on any atom is 0.289 e. The number of nitrogens with one attached hydrogen (secondary N) is 1. The Morgan fingerprint density at radius 3 is 2.72 bits per heavy atom. The fraction of sp³-hybridized carbons (Fsp3) is 0.321. The van der Waals surface area contributed by atoms with Crippen molar-refractivity contribution in [3.63, 3.8) is 0 Å². The zero-order valence-electron chi connectivity index (χ0n) is 20.5. The lowest BCUT2D eigenvalue weighted by molar-refractivity contribution is -0.132. The van der Waals surface area contributed by atoms with Crippen molar-refractivity contribution in [3.05, 3.63) is 70.9 Å². The highest BCUT2D eigenvalue weighted by molar-refractivity contribution is 6.38. The highest BCUT2D eigenvalue weighted by Gasteiger charge is 2.40.